The molecule has 6 nitrogen and oxygen atoms in total. The Hall–Kier alpha value is -3.80. The molecule has 3 amide bonds. The van der Waals surface area contributed by atoms with Gasteiger partial charge in [0.1, 0.15) is 18.1 Å². The Morgan fingerprint density at radius 3 is 1.75 bits per heavy atom. The number of nitrogens with zero attached hydrogens (tertiary/aromatic N) is 1. The van der Waals surface area contributed by atoms with E-state index in [2.05, 4.69) is 12.2 Å². The molecule has 164 valence electrons. The van der Waals surface area contributed by atoms with Crippen LogP contribution < -0.4 is 14.8 Å². The number of carbonyl (C=O) groups excluding carboxylic acids is 2. The van der Waals surface area contributed by atoms with E-state index in [1.807, 2.05) is 84.9 Å². The molecule has 0 spiro atoms. The predicted octanol–water partition coefficient (Wildman–Crippen LogP) is 4.35. The molecule has 0 aliphatic carbocycles. The van der Waals surface area contributed by atoms with Crippen molar-refractivity contribution >= 4 is 11.9 Å². The molecule has 1 heterocycles. The normalized spacial score (nSPS) is 14.8. The molecule has 4 rings (SSSR count). The Labute approximate surface area is 187 Å². The topological polar surface area (TPSA) is 67.9 Å². The highest BCUT2D eigenvalue weighted by atomic mass is 16.5. The van der Waals surface area contributed by atoms with Gasteiger partial charge >= 0.3 is 6.03 Å². The first kappa shape index (κ1) is 21.4. The second kappa shape index (κ2) is 9.56. The highest BCUT2D eigenvalue weighted by molar-refractivity contribution is 6.09. The quantitative estimate of drug-likeness (QED) is 0.513. The molecule has 3 aromatic rings. The van der Waals surface area contributed by atoms with Crippen LogP contribution in [0, 0.1) is 0 Å². The Balaban J connectivity index is 1.49. The first-order chi connectivity index (χ1) is 15.6. The van der Waals surface area contributed by atoms with Crippen LogP contribution in [0.5, 0.6) is 11.5 Å². The van der Waals surface area contributed by atoms with Crippen LogP contribution in [-0.4, -0.2) is 36.6 Å². The van der Waals surface area contributed by atoms with Crippen LogP contribution in [0.4, 0.5) is 4.79 Å². The van der Waals surface area contributed by atoms with Crippen molar-refractivity contribution in [3.05, 3.63) is 96.1 Å². The van der Waals surface area contributed by atoms with E-state index in [0.29, 0.717) is 12.4 Å². The van der Waals surface area contributed by atoms with Gasteiger partial charge in [0.2, 0.25) is 0 Å². The van der Waals surface area contributed by atoms with Crippen LogP contribution in [0.15, 0.2) is 84.9 Å². The molecule has 0 unspecified atom stereocenters. The van der Waals surface area contributed by atoms with Crippen molar-refractivity contribution in [1.82, 2.24) is 10.2 Å². The Morgan fingerprint density at radius 2 is 1.25 bits per heavy atom. The summed E-state index contributed by atoms with van der Waals surface area (Å²) >= 11 is 0. The average molecular weight is 431 g/mol. The number of ether oxygens (including phenoxy) is 2. The maximum atomic E-state index is 13.6. The molecule has 1 aliphatic heterocycles. The minimum Gasteiger partial charge on any atom is -0.494 e. The molecule has 6 heteroatoms. The van der Waals surface area contributed by atoms with Gasteiger partial charge in [0.05, 0.1) is 13.2 Å². The number of benzene rings is 3. The summed E-state index contributed by atoms with van der Waals surface area (Å²) < 4.78 is 11.3. The predicted molar refractivity (Wildman–Crippen MR) is 122 cm³/mol. The summed E-state index contributed by atoms with van der Waals surface area (Å²) in [6.45, 7) is 3.04. The fraction of sp³-hybridized carbons (Fsp3) is 0.231. The number of amides is 3. The number of nitrogens with one attached hydrogen (secondary N) is 1. The maximum Gasteiger partial charge on any atom is 0.325 e. The Morgan fingerprint density at radius 1 is 0.750 bits per heavy atom. The van der Waals surface area contributed by atoms with E-state index in [1.54, 1.807) is 0 Å². The molecule has 1 saturated heterocycles. The number of carbonyl (C=O) groups is 2. The van der Waals surface area contributed by atoms with Crippen molar-refractivity contribution in [3.8, 4) is 11.5 Å². The van der Waals surface area contributed by atoms with Crippen molar-refractivity contribution in [2.24, 2.45) is 0 Å². The van der Waals surface area contributed by atoms with E-state index in [9.17, 15) is 9.59 Å². The summed E-state index contributed by atoms with van der Waals surface area (Å²) in [5.74, 6) is 1.12. The average Bonchev–Trinajstić information content (AvgIpc) is 3.10. The lowest BCUT2D eigenvalue weighted by Crippen LogP contribution is -2.45. The zero-order valence-electron chi connectivity index (χ0n) is 18.0. The van der Waals surface area contributed by atoms with E-state index >= 15 is 0 Å². The fourth-order valence-electron chi connectivity index (χ4n) is 3.82. The first-order valence-electron chi connectivity index (χ1n) is 10.8. The van der Waals surface area contributed by atoms with Crippen molar-refractivity contribution < 1.29 is 19.1 Å². The summed E-state index contributed by atoms with van der Waals surface area (Å²) in [4.78, 5) is 27.7. The lowest BCUT2D eigenvalue weighted by Gasteiger charge is -2.28. The first-order valence-corrected chi connectivity index (χ1v) is 10.8. The van der Waals surface area contributed by atoms with Gasteiger partial charge in [-0.05, 0) is 41.8 Å². The van der Waals surface area contributed by atoms with E-state index in [1.165, 1.54) is 4.90 Å². The third-order valence-corrected chi connectivity index (χ3v) is 5.40. The van der Waals surface area contributed by atoms with Gasteiger partial charge in [-0.25, -0.2) is 4.79 Å². The van der Waals surface area contributed by atoms with E-state index in [4.69, 9.17) is 9.47 Å². The number of hydrogen-bond acceptors (Lipinski definition) is 4. The van der Waals surface area contributed by atoms with Crippen LogP contribution in [0.2, 0.25) is 0 Å². The lowest BCUT2D eigenvalue weighted by atomic mass is 9.82. The van der Waals surface area contributed by atoms with Gasteiger partial charge in [0.15, 0.2) is 5.54 Å². The lowest BCUT2D eigenvalue weighted by molar-refractivity contribution is -0.130. The molecule has 0 saturated carbocycles. The van der Waals surface area contributed by atoms with Crippen LogP contribution in [0.1, 0.15) is 24.5 Å². The molecule has 0 radical (unpaired) electrons. The zero-order chi connectivity index (χ0) is 22.4. The highest BCUT2D eigenvalue weighted by Gasteiger charge is 2.53. The molecule has 3 aromatic carbocycles. The van der Waals surface area contributed by atoms with Crippen molar-refractivity contribution in [3.63, 3.8) is 0 Å². The van der Waals surface area contributed by atoms with Gasteiger partial charge in [-0.1, -0.05) is 67.6 Å². The SMILES string of the molecule is CCCOc1ccc(OCCN2C(=O)NC(c3ccccc3)(c3ccccc3)C2=O)cc1. The summed E-state index contributed by atoms with van der Waals surface area (Å²) in [6.07, 6.45) is 0.942. The molecular formula is C26H26N2O4. The standard InChI is InChI=1S/C26H26N2O4/c1-2-18-31-22-13-15-23(16-14-22)32-19-17-28-24(29)26(27-25(28)30,20-9-5-3-6-10-20)21-11-7-4-8-12-21/h3-16H,2,17-19H2,1H3,(H,27,30). The van der Waals surface area contributed by atoms with E-state index < -0.39 is 11.6 Å². The smallest absolute Gasteiger partial charge is 0.325 e. The minimum absolute atomic E-state index is 0.139. The fourth-order valence-corrected chi connectivity index (χ4v) is 3.82. The third kappa shape index (κ3) is 4.17. The molecule has 0 bridgehead atoms. The van der Waals surface area contributed by atoms with Gasteiger partial charge in [0, 0.05) is 0 Å². The zero-order valence-corrected chi connectivity index (χ0v) is 18.0. The minimum atomic E-state index is -1.25. The summed E-state index contributed by atoms with van der Waals surface area (Å²) in [5.41, 5.74) is 0.184. The van der Waals surface area contributed by atoms with Gasteiger partial charge in [-0.2, -0.15) is 0 Å². The van der Waals surface area contributed by atoms with Gasteiger partial charge < -0.3 is 14.8 Å². The van der Waals surface area contributed by atoms with Crippen molar-refractivity contribution in [1.29, 1.82) is 0 Å². The maximum absolute atomic E-state index is 13.6. The third-order valence-electron chi connectivity index (χ3n) is 5.40. The highest BCUT2D eigenvalue weighted by Crippen LogP contribution is 2.35. The molecular weight excluding hydrogens is 404 g/mol. The monoisotopic (exact) mass is 430 g/mol. The number of imide groups is 1. The molecule has 1 aliphatic rings. The number of urea groups is 1. The van der Waals surface area contributed by atoms with Crippen molar-refractivity contribution in [2.45, 2.75) is 18.9 Å². The molecule has 0 aromatic heterocycles. The van der Waals surface area contributed by atoms with Gasteiger partial charge in [0.25, 0.3) is 5.91 Å². The number of hydrogen-bond donors (Lipinski definition) is 1. The van der Waals surface area contributed by atoms with Gasteiger partial charge in [-0.15, -0.1) is 0 Å². The molecule has 32 heavy (non-hydrogen) atoms. The second-order valence-corrected chi connectivity index (χ2v) is 7.54. The summed E-state index contributed by atoms with van der Waals surface area (Å²) in [5, 5.41) is 2.94. The van der Waals surface area contributed by atoms with Crippen LogP contribution in [-0.2, 0) is 10.3 Å². The summed E-state index contributed by atoms with van der Waals surface area (Å²) in [6, 6.07) is 25.5. The number of rotatable bonds is 9. The van der Waals surface area contributed by atoms with Crippen LogP contribution >= 0.6 is 0 Å². The van der Waals surface area contributed by atoms with E-state index in [-0.39, 0.29) is 19.1 Å². The van der Waals surface area contributed by atoms with Gasteiger partial charge in [-0.3, -0.25) is 9.69 Å². The summed E-state index contributed by atoms with van der Waals surface area (Å²) in [7, 11) is 0. The second-order valence-electron chi connectivity index (χ2n) is 7.54. The van der Waals surface area contributed by atoms with E-state index in [0.717, 1.165) is 23.3 Å². The Bertz CT molecular complexity index is 1010. The molecule has 1 fully saturated rings. The molecule has 1 N–H and O–H groups in total. The van der Waals surface area contributed by atoms with Crippen LogP contribution in [0.25, 0.3) is 0 Å². The largest absolute Gasteiger partial charge is 0.494 e. The van der Waals surface area contributed by atoms with Crippen LogP contribution in [0.3, 0.4) is 0 Å². The Kier molecular flexibility index (Phi) is 6.40. The van der Waals surface area contributed by atoms with Crippen molar-refractivity contribution in [2.75, 3.05) is 19.8 Å². The molecule has 0 atom stereocenters.